The standard InChI is InChI=1S/C4H10N2OS/c1-3(8)2-4(7)6-5/h3,8H,2,5H2,1H3,(H,6,7). The van der Waals surface area contributed by atoms with Crippen molar-refractivity contribution in [1.29, 1.82) is 0 Å². The van der Waals surface area contributed by atoms with Crippen LogP contribution in [0.3, 0.4) is 0 Å². The molecule has 8 heavy (non-hydrogen) atoms. The number of nitrogens with two attached hydrogens (primary N) is 1. The van der Waals surface area contributed by atoms with Gasteiger partial charge < -0.3 is 0 Å². The van der Waals surface area contributed by atoms with Gasteiger partial charge in [-0.2, -0.15) is 12.6 Å². The number of nitrogens with one attached hydrogen (secondary N) is 1. The Morgan fingerprint density at radius 1 is 2.00 bits per heavy atom. The molecule has 0 bridgehead atoms. The van der Waals surface area contributed by atoms with Crippen LogP contribution in [0, 0.1) is 0 Å². The van der Waals surface area contributed by atoms with Gasteiger partial charge in [0.25, 0.3) is 0 Å². The van der Waals surface area contributed by atoms with E-state index in [4.69, 9.17) is 5.84 Å². The van der Waals surface area contributed by atoms with E-state index in [9.17, 15) is 4.79 Å². The highest BCUT2D eigenvalue weighted by molar-refractivity contribution is 7.80. The van der Waals surface area contributed by atoms with Crippen LogP contribution in [0.4, 0.5) is 0 Å². The second-order valence-corrected chi connectivity index (χ2v) is 2.50. The minimum Gasteiger partial charge on any atom is -0.294 e. The largest absolute Gasteiger partial charge is 0.294 e. The van der Waals surface area contributed by atoms with Gasteiger partial charge in [-0.05, 0) is 0 Å². The van der Waals surface area contributed by atoms with Crippen LogP contribution in [0.5, 0.6) is 0 Å². The summed E-state index contributed by atoms with van der Waals surface area (Å²) in [6.45, 7) is 1.83. The van der Waals surface area contributed by atoms with Crippen LogP contribution in [0.1, 0.15) is 13.3 Å². The van der Waals surface area contributed by atoms with Gasteiger partial charge in [-0.25, -0.2) is 5.84 Å². The summed E-state index contributed by atoms with van der Waals surface area (Å²) in [7, 11) is 0. The van der Waals surface area contributed by atoms with E-state index in [0.29, 0.717) is 6.42 Å². The molecule has 4 heteroatoms. The number of hydrogen-bond acceptors (Lipinski definition) is 3. The van der Waals surface area contributed by atoms with Gasteiger partial charge in [0.15, 0.2) is 0 Å². The number of amides is 1. The Kier molecular flexibility index (Phi) is 3.64. The van der Waals surface area contributed by atoms with E-state index in [-0.39, 0.29) is 11.2 Å². The molecule has 3 N–H and O–H groups in total. The van der Waals surface area contributed by atoms with Crippen LogP contribution in [0.25, 0.3) is 0 Å². The van der Waals surface area contributed by atoms with E-state index in [2.05, 4.69) is 12.6 Å². The molecule has 1 amide bonds. The lowest BCUT2D eigenvalue weighted by atomic mass is 10.3. The monoisotopic (exact) mass is 134 g/mol. The molecule has 0 aliphatic carbocycles. The van der Waals surface area contributed by atoms with Gasteiger partial charge in [0.1, 0.15) is 0 Å². The molecule has 0 aromatic heterocycles. The maximum Gasteiger partial charge on any atom is 0.234 e. The normalized spacial score (nSPS) is 12.9. The molecule has 0 spiro atoms. The fraction of sp³-hybridized carbons (Fsp3) is 0.750. The zero-order valence-corrected chi connectivity index (χ0v) is 5.61. The number of carbonyl (C=O) groups excluding carboxylic acids is 1. The smallest absolute Gasteiger partial charge is 0.234 e. The van der Waals surface area contributed by atoms with Crippen LogP contribution in [0.15, 0.2) is 0 Å². The highest BCUT2D eigenvalue weighted by Crippen LogP contribution is 1.96. The molecular formula is C4H10N2OS. The molecule has 0 saturated carbocycles. The third-order valence-corrected chi connectivity index (χ3v) is 0.824. The van der Waals surface area contributed by atoms with Crippen LogP contribution >= 0.6 is 12.6 Å². The molecule has 0 aromatic carbocycles. The van der Waals surface area contributed by atoms with Crippen molar-refractivity contribution in [3.8, 4) is 0 Å². The zero-order chi connectivity index (χ0) is 6.57. The summed E-state index contributed by atoms with van der Waals surface area (Å²) in [6, 6.07) is 0. The van der Waals surface area contributed by atoms with Crippen molar-refractivity contribution in [2.24, 2.45) is 5.84 Å². The maximum atomic E-state index is 10.3. The van der Waals surface area contributed by atoms with Crippen molar-refractivity contribution >= 4 is 18.5 Å². The molecule has 0 aliphatic heterocycles. The van der Waals surface area contributed by atoms with Gasteiger partial charge in [0, 0.05) is 11.7 Å². The SMILES string of the molecule is CC(S)CC(=O)NN. The minimum absolute atomic E-state index is 0.0820. The second kappa shape index (κ2) is 3.74. The zero-order valence-electron chi connectivity index (χ0n) is 4.72. The van der Waals surface area contributed by atoms with E-state index in [1.54, 1.807) is 0 Å². The summed E-state index contributed by atoms with van der Waals surface area (Å²) in [4.78, 5) is 10.3. The molecule has 0 fully saturated rings. The van der Waals surface area contributed by atoms with E-state index >= 15 is 0 Å². The Balaban J connectivity index is 3.25. The van der Waals surface area contributed by atoms with Gasteiger partial charge in [0.05, 0.1) is 0 Å². The van der Waals surface area contributed by atoms with Gasteiger partial charge in [0.2, 0.25) is 5.91 Å². The lowest BCUT2D eigenvalue weighted by Crippen LogP contribution is -2.31. The van der Waals surface area contributed by atoms with Crippen molar-refractivity contribution in [2.75, 3.05) is 0 Å². The summed E-state index contributed by atoms with van der Waals surface area (Å²) in [5.74, 6) is 4.61. The number of hydrogen-bond donors (Lipinski definition) is 3. The Morgan fingerprint density at radius 3 is 2.62 bits per heavy atom. The summed E-state index contributed by atoms with van der Waals surface area (Å²) < 4.78 is 0. The third kappa shape index (κ3) is 3.95. The fourth-order valence-electron chi connectivity index (χ4n) is 0.327. The first-order valence-corrected chi connectivity index (χ1v) is 2.86. The average molecular weight is 134 g/mol. The molecule has 0 rings (SSSR count). The van der Waals surface area contributed by atoms with Crippen LogP contribution < -0.4 is 11.3 Å². The Labute approximate surface area is 54.0 Å². The number of rotatable bonds is 2. The fourth-order valence-corrected chi connectivity index (χ4v) is 0.493. The van der Waals surface area contributed by atoms with Crippen LogP contribution in [-0.4, -0.2) is 11.2 Å². The lowest BCUT2D eigenvalue weighted by Gasteiger charge is -1.99. The van der Waals surface area contributed by atoms with Crippen molar-refractivity contribution in [2.45, 2.75) is 18.6 Å². The first kappa shape index (κ1) is 7.78. The lowest BCUT2D eigenvalue weighted by molar-refractivity contribution is -0.121. The Bertz CT molecular complexity index is 84.1. The van der Waals surface area contributed by atoms with Crippen molar-refractivity contribution < 1.29 is 4.79 Å². The first-order chi connectivity index (χ1) is 3.66. The van der Waals surface area contributed by atoms with Crippen LogP contribution in [-0.2, 0) is 4.79 Å². The number of thiol groups is 1. The van der Waals surface area contributed by atoms with Gasteiger partial charge >= 0.3 is 0 Å². The summed E-state index contributed by atoms with van der Waals surface area (Å²) in [5.41, 5.74) is 2.01. The molecule has 1 unspecified atom stereocenters. The minimum atomic E-state index is -0.174. The van der Waals surface area contributed by atoms with Gasteiger partial charge in [-0.3, -0.25) is 10.2 Å². The molecule has 48 valence electrons. The summed E-state index contributed by atoms with van der Waals surface area (Å²) in [6.07, 6.45) is 0.375. The Hall–Kier alpha value is -0.220. The highest BCUT2D eigenvalue weighted by atomic mass is 32.1. The summed E-state index contributed by atoms with van der Waals surface area (Å²) in [5, 5.41) is 0.0820. The second-order valence-electron chi connectivity index (χ2n) is 1.62. The molecule has 0 saturated heterocycles. The van der Waals surface area contributed by atoms with E-state index in [1.807, 2.05) is 12.3 Å². The van der Waals surface area contributed by atoms with Crippen molar-refractivity contribution in [1.82, 2.24) is 5.43 Å². The van der Waals surface area contributed by atoms with E-state index in [1.165, 1.54) is 0 Å². The molecule has 0 aromatic rings. The van der Waals surface area contributed by atoms with Crippen molar-refractivity contribution in [3.05, 3.63) is 0 Å². The van der Waals surface area contributed by atoms with E-state index in [0.717, 1.165) is 0 Å². The molecule has 1 atom stereocenters. The molecule has 0 aliphatic rings. The molecule has 0 heterocycles. The first-order valence-electron chi connectivity index (χ1n) is 2.34. The van der Waals surface area contributed by atoms with Gasteiger partial charge in [-0.15, -0.1) is 0 Å². The number of carbonyl (C=O) groups is 1. The topological polar surface area (TPSA) is 55.1 Å². The third-order valence-electron chi connectivity index (χ3n) is 0.642. The molecule has 3 nitrogen and oxygen atoms in total. The summed E-state index contributed by atoms with van der Waals surface area (Å²) >= 11 is 3.98. The highest BCUT2D eigenvalue weighted by Gasteiger charge is 2.00. The quantitative estimate of drug-likeness (QED) is 0.210. The molecule has 0 radical (unpaired) electrons. The molecular weight excluding hydrogens is 124 g/mol. The predicted octanol–water partition coefficient (Wildman–Crippen LogP) is -0.315. The van der Waals surface area contributed by atoms with E-state index < -0.39 is 0 Å². The average Bonchev–Trinajstić information content (AvgIpc) is 1.65. The predicted molar refractivity (Wildman–Crippen MR) is 35.4 cm³/mol. The van der Waals surface area contributed by atoms with Crippen LogP contribution in [0.2, 0.25) is 0 Å². The maximum absolute atomic E-state index is 10.3. The Morgan fingerprint density at radius 2 is 2.50 bits per heavy atom. The van der Waals surface area contributed by atoms with Crippen molar-refractivity contribution in [3.63, 3.8) is 0 Å². The number of hydrazine groups is 1. The van der Waals surface area contributed by atoms with Gasteiger partial charge in [-0.1, -0.05) is 6.92 Å².